The zero-order valence-corrected chi connectivity index (χ0v) is 81.3. The van der Waals surface area contributed by atoms with Crippen LogP contribution in [0, 0.1) is 35.5 Å². The molecule has 2 saturated carbocycles. The fourth-order valence-electron chi connectivity index (χ4n) is 15.7. The van der Waals surface area contributed by atoms with Gasteiger partial charge in [0.2, 0.25) is 46.9 Å². The third-order valence-electron chi connectivity index (χ3n) is 24.7. The number of rotatable bonds is 19. The van der Waals surface area contributed by atoms with Crippen molar-refractivity contribution in [2.45, 2.75) is 240 Å². The molecular formula is C91H109BrF9N13O8S7. The fraction of sp³-hybridized carbons (Fsp3) is 0.527. The molecule has 3 aromatic carbocycles. The number of nitrogens with zero attached hydrogens (tertiary/aromatic N) is 7. The van der Waals surface area contributed by atoms with E-state index in [1.807, 2.05) is 61.9 Å². The fourth-order valence-corrected chi connectivity index (χ4v) is 23.7. The molecule has 0 bridgehead atoms. The highest BCUT2D eigenvalue weighted by molar-refractivity contribution is 9.11. The summed E-state index contributed by atoms with van der Waals surface area (Å²) in [7, 11) is 0. The Hall–Kier alpha value is -7.75. The Labute approximate surface area is 783 Å². The summed E-state index contributed by atoms with van der Waals surface area (Å²) in [4.78, 5) is 129. The standard InChI is InChI=1S/C24H30F3N3O2S.C23H28F3N3O2S.C18H16F3N3O2S.C13H17BrN2OS2.C13H18N2OS2/c1-15(18-8-3-4-9-19(18)24(25,26)27)28-22-29-21(32)23(2,33-22)14-16-10-12-30(13-11-16)20(31)17-6-5-7-17;1-14(17-5-3-4-6-18(17)23(24,25)26)27-21-28-20(31)22(2,32-21)13-15-9-11-29(12-10-15)19(30)16-7-8-16;1-10(12-5-3-4-6-13(12)18(19,20)21)23-16-24-15(26)17(2,27-16)11-7-8-22-14(25)9-11;1-7(2)13(4)11(17)16-12(19-13)15-8(3)9-5-6-10(14)18-9;1-8(2)13(4)11(16)15-12(18-13)14-9(3)10-6-5-7-17-10/h3-4,8-9,15-17H,5-7,10-14H2,1-2H3,(H,28,29,32);3-6,14-16H,7-13H2,1-2H3,(H,27,28,31);3-10H,1-2H3,(H,22,25)(H,23,24,26);5-8H,1-4H3,(H,15,16,17);5-9H,1-4H3,(H,14,15,16)/t15-,23?;14-,22?;10-,17?;8-,13?;9-,13?/m00000/s1. The molecule has 0 radical (unpaired) electrons. The predicted octanol–water partition coefficient (Wildman–Crippen LogP) is 21.2. The molecule has 5 unspecified atom stereocenters. The number of aliphatic imine (C=N–C) groups is 5. The predicted molar refractivity (Wildman–Crippen MR) is 504 cm³/mol. The van der Waals surface area contributed by atoms with Crippen LogP contribution in [-0.2, 0) is 56.8 Å². The minimum atomic E-state index is -4.49. The smallest absolute Gasteiger partial charge is 0.342 e. The van der Waals surface area contributed by atoms with Crippen LogP contribution in [0.3, 0.4) is 0 Å². The van der Waals surface area contributed by atoms with Gasteiger partial charge in [-0.05, 0) is 243 Å². The van der Waals surface area contributed by atoms with Gasteiger partial charge in [0.1, 0.15) is 14.2 Å². The van der Waals surface area contributed by atoms with E-state index < -0.39 is 77.1 Å². The van der Waals surface area contributed by atoms with E-state index in [0.717, 1.165) is 128 Å². The molecule has 10 heterocycles. The van der Waals surface area contributed by atoms with Crippen molar-refractivity contribution in [3.8, 4) is 0 Å². The van der Waals surface area contributed by atoms with Crippen molar-refractivity contribution in [1.82, 2.24) is 41.4 Å². The second-order valence-electron chi connectivity index (χ2n) is 35.1. The number of thiophene rings is 2. The van der Waals surface area contributed by atoms with Crippen molar-refractivity contribution >= 4 is 165 Å². The summed E-state index contributed by atoms with van der Waals surface area (Å²) in [5.41, 5.74) is -1.83. The molecule has 2 aliphatic carbocycles. The van der Waals surface area contributed by atoms with Crippen molar-refractivity contribution in [3.63, 3.8) is 0 Å². The monoisotopic (exact) mass is 1990 g/mol. The second-order valence-corrected chi connectivity index (χ2v) is 45.8. The third-order valence-corrected chi connectivity index (χ3v) is 34.2. The van der Waals surface area contributed by atoms with E-state index in [1.165, 1.54) is 94.9 Å². The zero-order chi connectivity index (χ0) is 94.3. The van der Waals surface area contributed by atoms with Gasteiger partial charge in [-0.25, -0.2) is 0 Å². The molecule has 10 atom stereocenters. The van der Waals surface area contributed by atoms with E-state index in [4.69, 9.17) is 0 Å². The molecular weight excluding hydrogens is 1880 g/mol. The highest BCUT2D eigenvalue weighted by atomic mass is 79.9. The first kappa shape index (κ1) is 102. The maximum absolute atomic E-state index is 13.4. The van der Waals surface area contributed by atoms with E-state index in [0.29, 0.717) is 40.6 Å². The topological polar surface area (TPSA) is 281 Å². The number of piperidine rings is 2. The molecule has 3 aromatic heterocycles. The number of aromatic amines is 1. The number of carbonyl (C=O) groups excluding carboxylic acids is 7. The summed E-state index contributed by atoms with van der Waals surface area (Å²) in [6.45, 7) is 29.4. The van der Waals surface area contributed by atoms with Gasteiger partial charge in [-0.2, -0.15) is 39.5 Å². The number of amides is 7. The van der Waals surface area contributed by atoms with Crippen LogP contribution in [0.5, 0.6) is 0 Å². The maximum atomic E-state index is 13.4. The Balaban J connectivity index is 0.000000159. The average molecular weight is 1990 g/mol. The minimum Gasteiger partial charge on any atom is -0.342 e. The molecule has 21 nitrogen and oxygen atoms in total. The van der Waals surface area contributed by atoms with E-state index in [9.17, 15) is 77.9 Å². The number of halogens is 10. The Morgan fingerprint density at radius 3 is 1.14 bits per heavy atom. The van der Waals surface area contributed by atoms with Crippen molar-refractivity contribution in [1.29, 1.82) is 0 Å². The van der Waals surface area contributed by atoms with Gasteiger partial charge in [-0.1, -0.05) is 154 Å². The van der Waals surface area contributed by atoms with Crippen LogP contribution >= 0.6 is 97.4 Å². The van der Waals surface area contributed by atoms with E-state index in [-0.39, 0.29) is 105 Å². The molecule has 15 rings (SSSR count). The third kappa shape index (κ3) is 25.4. The molecule has 7 saturated heterocycles. The lowest BCUT2D eigenvalue weighted by molar-refractivity contribution is -0.140. The van der Waals surface area contributed by atoms with Crippen molar-refractivity contribution < 1.29 is 73.1 Å². The lowest BCUT2D eigenvalue weighted by Gasteiger charge is -2.38. The van der Waals surface area contributed by atoms with Crippen LogP contribution in [0.1, 0.15) is 246 Å². The Bertz CT molecular complexity index is 5300. The van der Waals surface area contributed by atoms with Gasteiger partial charge in [0, 0.05) is 60.0 Å². The molecule has 6 N–H and O–H groups in total. The number of aromatic nitrogens is 1. The van der Waals surface area contributed by atoms with Crippen LogP contribution < -0.4 is 32.1 Å². The number of amidine groups is 5. The van der Waals surface area contributed by atoms with Crippen LogP contribution in [0.25, 0.3) is 0 Å². The van der Waals surface area contributed by atoms with Crippen LogP contribution in [0.4, 0.5) is 39.5 Å². The summed E-state index contributed by atoms with van der Waals surface area (Å²) in [6.07, 6.45) is -2.05. The van der Waals surface area contributed by atoms with E-state index in [1.54, 1.807) is 85.2 Å². The van der Waals surface area contributed by atoms with Crippen LogP contribution in [0.2, 0.25) is 0 Å². The largest absolute Gasteiger partial charge is 0.416 e. The summed E-state index contributed by atoms with van der Waals surface area (Å²) in [5.74, 6) is 1.62. The number of pyridine rings is 1. The van der Waals surface area contributed by atoms with Gasteiger partial charge in [0.05, 0.1) is 60.2 Å². The number of nitrogens with one attached hydrogen (secondary N) is 6. The van der Waals surface area contributed by atoms with Gasteiger partial charge in [-0.15, -0.1) is 22.7 Å². The number of likely N-dealkylation sites (tertiary alicyclic amines) is 2. The van der Waals surface area contributed by atoms with Gasteiger partial charge < -0.3 is 41.4 Å². The number of carbonyl (C=O) groups is 7. The highest BCUT2D eigenvalue weighted by Gasteiger charge is 2.51. The Morgan fingerprint density at radius 1 is 0.434 bits per heavy atom. The Kier molecular flexibility index (Phi) is 33.3. The van der Waals surface area contributed by atoms with E-state index in [2.05, 4.69) is 119 Å². The first-order valence-corrected chi connectivity index (χ1v) is 49.5. The minimum absolute atomic E-state index is 0.0251. The van der Waals surface area contributed by atoms with E-state index >= 15 is 0 Å². The summed E-state index contributed by atoms with van der Waals surface area (Å²) in [6, 6.07) is 25.0. The molecule has 9 aliphatic rings. The summed E-state index contributed by atoms with van der Waals surface area (Å²) >= 11 is 13.6. The van der Waals surface area contributed by atoms with Crippen LogP contribution in [0.15, 0.2) is 154 Å². The first-order chi connectivity index (χ1) is 60.5. The zero-order valence-electron chi connectivity index (χ0n) is 74.0. The Morgan fingerprint density at radius 2 is 0.798 bits per heavy atom. The lowest BCUT2D eigenvalue weighted by Crippen LogP contribution is -2.45. The SMILES string of the molecule is CC(C)C1(C)SC(=N[C@@H](C)c2ccc(Br)s2)NC1=O.CC(C)C1(C)SC(=N[C@@H](C)c2cccs2)NC1=O.C[C@H](N=C1NC(=O)C(C)(CC2CCN(C(=O)C3CC3)CC2)S1)c1ccccc1C(F)(F)F.C[C@H](N=C1NC(=O)C(C)(CC2CCN(C(=O)C3CCC3)CC2)S1)c1ccccc1C(F)(F)F.C[C@H](N=C1NC(=O)C(C)(c2cc[nH]c(=O)c2)S1)c1ccccc1C(F)(F)F. The second kappa shape index (κ2) is 42.2. The number of alkyl halides is 9. The molecule has 698 valence electrons. The number of hydrogen-bond donors (Lipinski definition) is 6. The van der Waals surface area contributed by atoms with Crippen molar-refractivity contribution in [2.24, 2.45) is 60.5 Å². The lowest BCUT2D eigenvalue weighted by atomic mass is 9.82. The molecule has 0 spiro atoms. The molecule has 7 amide bonds. The summed E-state index contributed by atoms with van der Waals surface area (Å²) in [5, 5.41) is 18.4. The van der Waals surface area contributed by atoms with Gasteiger partial charge in [0.15, 0.2) is 25.8 Å². The molecule has 7 aliphatic heterocycles. The quantitative estimate of drug-likeness (QED) is 0.0412. The number of thioether (sulfide) groups is 5. The van der Waals surface area contributed by atoms with Gasteiger partial charge >= 0.3 is 18.5 Å². The number of benzene rings is 3. The first-order valence-electron chi connectivity index (χ1n) is 43.0. The maximum Gasteiger partial charge on any atom is 0.416 e. The molecule has 129 heavy (non-hydrogen) atoms. The normalized spacial score (nSPS) is 26.2. The molecule has 38 heteroatoms. The van der Waals surface area contributed by atoms with Gasteiger partial charge in [0.25, 0.3) is 0 Å². The molecule has 9 fully saturated rings. The van der Waals surface area contributed by atoms with Gasteiger partial charge in [-0.3, -0.25) is 63.3 Å². The molecule has 6 aromatic rings. The average Bonchev–Trinajstić information content (AvgIpc) is 1.55. The van der Waals surface area contributed by atoms with Crippen LogP contribution in [-0.4, -0.2) is 127 Å². The van der Waals surface area contributed by atoms with Crippen molar-refractivity contribution in [3.05, 3.63) is 184 Å². The number of H-pyrrole nitrogens is 1. The number of hydrogen-bond acceptors (Lipinski definition) is 20. The van der Waals surface area contributed by atoms with Crippen molar-refractivity contribution in [2.75, 3.05) is 26.2 Å². The highest BCUT2D eigenvalue weighted by Crippen LogP contribution is 2.49. The summed E-state index contributed by atoms with van der Waals surface area (Å²) < 4.78 is 118.